The van der Waals surface area contributed by atoms with Crippen LogP contribution in [0.3, 0.4) is 0 Å². The van der Waals surface area contributed by atoms with Crippen molar-refractivity contribution in [2.75, 3.05) is 6.54 Å². The van der Waals surface area contributed by atoms with E-state index < -0.39 is 0 Å². The summed E-state index contributed by atoms with van der Waals surface area (Å²) < 4.78 is 0. The molecule has 0 aliphatic carbocycles. The lowest BCUT2D eigenvalue weighted by atomic mass is 9.86. The van der Waals surface area contributed by atoms with E-state index in [0.29, 0.717) is 6.04 Å². The fourth-order valence-corrected chi connectivity index (χ4v) is 2.43. The average Bonchev–Trinajstić information content (AvgIpc) is 2.30. The van der Waals surface area contributed by atoms with Gasteiger partial charge in [0.25, 0.3) is 0 Å². The number of nitrogens with one attached hydrogen (secondary N) is 1. The molecule has 1 heteroatoms. The molecule has 0 bridgehead atoms. The standard InChI is InChI=1S/C17H35N/c1-6-7-9-12-17(15(2)3)13-10-8-11-14-18-16(4)5/h6,15-18H,1,7-14H2,2-5H3. The molecule has 1 unspecified atom stereocenters. The maximum absolute atomic E-state index is 3.81. The summed E-state index contributed by atoms with van der Waals surface area (Å²) in [6, 6.07) is 0.632. The topological polar surface area (TPSA) is 12.0 Å². The third-order valence-electron chi connectivity index (χ3n) is 3.73. The Morgan fingerprint density at radius 2 is 1.61 bits per heavy atom. The van der Waals surface area contributed by atoms with Gasteiger partial charge in [-0.3, -0.25) is 0 Å². The molecule has 0 aliphatic heterocycles. The summed E-state index contributed by atoms with van der Waals surface area (Å²) in [6.45, 7) is 14.2. The molecule has 0 aliphatic rings. The third kappa shape index (κ3) is 10.8. The lowest BCUT2D eigenvalue weighted by Crippen LogP contribution is -2.23. The Kier molecular flexibility index (Phi) is 11.6. The van der Waals surface area contributed by atoms with Gasteiger partial charge in [0.1, 0.15) is 0 Å². The molecule has 0 rings (SSSR count). The lowest BCUT2D eigenvalue weighted by Gasteiger charge is -2.20. The molecule has 0 saturated heterocycles. The summed E-state index contributed by atoms with van der Waals surface area (Å²) in [4.78, 5) is 0. The van der Waals surface area contributed by atoms with E-state index in [0.717, 1.165) is 11.8 Å². The Morgan fingerprint density at radius 1 is 0.944 bits per heavy atom. The van der Waals surface area contributed by atoms with Gasteiger partial charge in [0.2, 0.25) is 0 Å². The third-order valence-corrected chi connectivity index (χ3v) is 3.73. The number of rotatable bonds is 12. The SMILES string of the molecule is C=CCCCC(CCCCCNC(C)C)C(C)C. The molecule has 0 amide bonds. The van der Waals surface area contributed by atoms with Gasteiger partial charge in [0, 0.05) is 6.04 Å². The van der Waals surface area contributed by atoms with Crippen molar-refractivity contribution in [2.24, 2.45) is 11.8 Å². The van der Waals surface area contributed by atoms with Gasteiger partial charge >= 0.3 is 0 Å². The number of hydrogen-bond donors (Lipinski definition) is 1. The zero-order chi connectivity index (χ0) is 13.8. The highest BCUT2D eigenvalue weighted by Gasteiger charge is 2.12. The first-order chi connectivity index (χ1) is 8.57. The molecule has 0 aromatic carbocycles. The summed E-state index contributed by atoms with van der Waals surface area (Å²) in [5.74, 6) is 1.76. The molecule has 0 fully saturated rings. The minimum Gasteiger partial charge on any atom is -0.315 e. The van der Waals surface area contributed by atoms with E-state index in [1.807, 2.05) is 0 Å². The molecular weight excluding hydrogens is 218 g/mol. The van der Waals surface area contributed by atoms with Gasteiger partial charge in [-0.25, -0.2) is 0 Å². The first kappa shape index (κ1) is 17.7. The van der Waals surface area contributed by atoms with E-state index in [-0.39, 0.29) is 0 Å². The van der Waals surface area contributed by atoms with Gasteiger partial charge in [-0.1, -0.05) is 53.0 Å². The fraction of sp³-hybridized carbons (Fsp3) is 0.882. The molecule has 0 radical (unpaired) electrons. The Morgan fingerprint density at radius 3 is 2.17 bits per heavy atom. The van der Waals surface area contributed by atoms with Crippen LogP contribution < -0.4 is 5.32 Å². The van der Waals surface area contributed by atoms with Gasteiger partial charge in [-0.15, -0.1) is 6.58 Å². The molecule has 1 nitrogen and oxygen atoms in total. The molecule has 0 saturated carbocycles. The highest BCUT2D eigenvalue weighted by molar-refractivity contribution is 4.70. The maximum atomic E-state index is 3.81. The molecule has 1 N–H and O–H groups in total. The zero-order valence-electron chi connectivity index (χ0n) is 13.2. The number of allylic oxidation sites excluding steroid dienone is 1. The van der Waals surface area contributed by atoms with Crippen LogP contribution in [0.1, 0.15) is 72.6 Å². The predicted octanol–water partition coefficient (Wildman–Crippen LogP) is 5.17. The van der Waals surface area contributed by atoms with E-state index in [1.54, 1.807) is 0 Å². The Balaban J connectivity index is 3.54. The van der Waals surface area contributed by atoms with Crippen LogP contribution >= 0.6 is 0 Å². The number of unbranched alkanes of at least 4 members (excludes halogenated alkanes) is 3. The summed E-state index contributed by atoms with van der Waals surface area (Å²) in [7, 11) is 0. The molecular formula is C17H35N. The second-order valence-electron chi connectivity index (χ2n) is 6.18. The monoisotopic (exact) mass is 253 g/mol. The van der Waals surface area contributed by atoms with Crippen molar-refractivity contribution in [3.63, 3.8) is 0 Å². The van der Waals surface area contributed by atoms with Crippen molar-refractivity contribution in [3.05, 3.63) is 12.7 Å². The van der Waals surface area contributed by atoms with Gasteiger partial charge in [0.05, 0.1) is 0 Å². The molecule has 18 heavy (non-hydrogen) atoms. The van der Waals surface area contributed by atoms with Crippen molar-refractivity contribution in [1.29, 1.82) is 0 Å². The molecule has 1 atom stereocenters. The van der Waals surface area contributed by atoms with Crippen LogP contribution in [-0.4, -0.2) is 12.6 Å². The van der Waals surface area contributed by atoms with E-state index >= 15 is 0 Å². The van der Waals surface area contributed by atoms with Crippen molar-refractivity contribution in [2.45, 2.75) is 78.7 Å². The van der Waals surface area contributed by atoms with E-state index in [4.69, 9.17) is 0 Å². The first-order valence-electron chi connectivity index (χ1n) is 7.92. The smallest absolute Gasteiger partial charge is 0.00103 e. The molecule has 108 valence electrons. The number of hydrogen-bond acceptors (Lipinski definition) is 1. The van der Waals surface area contributed by atoms with Crippen molar-refractivity contribution < 1.29 is 0 Å². The average molecular weight is 253 g/mol. The highest BCUT2D eigenvalue weighted by atomic mass is 14.9. The van der Waals surface area contributed by atoms with Gasteiger partial charge in [-0.2, -0.15) is 0 Å². The van der Waals surface area contributed by atoms with Gasteiger partial charge < -0.3 is 5.32 Å². The molecule has 0 heterocycles. The van der Waals surface area contributed by atoms with Crippen LogP contribution in [0.2, 0.25) is 0 Å². The van der Waals surface area contributed by atoms with Crippen LogP contribution in [0.25, 0.3) is 0 Å². The summed E-state index contributed by atoms with van der Waals surface area (Å²) in [6.07, 6.45) is 11.5. The predicted molar refractivity (Wildman–Crippen MR) is 84.0 cm³/mol. The van der Waals surface area contributed by atoms with Crippen LogP contribution in [-0.2, 0) is 0 Å². The van der Waals surface area contributed by atoms with Crippen LogP contribution in [0, 0.1) is 11.8 Å². The van der Waals surface area contributed by atoms with Crippen molar-refractivity contribution in [1.82, 2.24) is 5.32 Å². The molecule has 0 aromatic rings. The minimum absolute atomic E-state index is 0.632. The van der Waals surface area contributed by atoms with Crippen molar-refractivity contribution >= 4 is 0 Å². The van der Waals surface area contributed by atoms with Gasteiger partial charge in [0.15, 0.2) is 0 Å². The van der Waals surface area contributed by atoms with Crippen LogP contribution in [0.4, 0.5) is 0 Å². The van der Waals surface area contributed by atoms with E-state index in [1.165, 1.54) is 51.5 Å². The van der Waals surface area contributed by atoms with E-state index in [9.17, 15) is 0 Å². The Labute approximate surface area is 115 Å². The summed E-state index contributed by atoms with van der Waals surface area (Å²) >= 11 is 0. The summed E-state index contributed by atoms with van der Waals surface area (Å²) in [5, 5.41) is 3.49. The zero-order valence-corrected chi connectivity index (χ0v) is 13.2. The lowest BCUT2D eigenvalue weighted by molar-refractivity contribution is 0.318. The van der Waals surface area contributed by atoms with Crippen LogP contribution in [0.5, 0.6) is 0 Å². The Bertz CT molecular complexity index is 184. The first-order valence-corrected chi connectivity index (χ1v) is 7.92. The second-order valence-corrected chi connectivity index (χ2v) is 6.18. The largest absolute Gasteiger partial charge is 0.315 e. The fourth-order valence-electron chi connectivity index (χ4n) is 2.43. The van der Waals surface area contributed by atoms with E-state index in [2.05, 4.69) is 45.7 Å². The Hall–Kier alpha value is -0.300. The van der Waals surface area contributed by atoms with Crippen molar-refractivity contribution in [3.8, 4) is 0 Å². The quantitative estimate of drug-likeness (QED) is 0.373. The minimum atomic E-state index is 0.632. The molecule has 0 aromatic heterocycles. The second kappa shape index (κ2) is 11.8. The molecule has 0 spiro atoms. The maximum Gasteiger partial charge on any atom is 0.00103 e. The summed E-state index contributed by atoms with van der Waals surface area (Å²) in [5.41, 5.74) is 0. The van der Waals surface area contributed by atoms with Crippen LogP contribution in [0.15, 0.2) is 12.7 Å². The normalized spacial score (nSPS) is 13.2. The highest BCUT2D eigenvalue weighted by Crippen LogP contribution is 2.24. The van der Waals surface area contributed by atoms with Gasteiger partial charge in [-0.05, 0) is 44.1 Å².